The fraction of sp³-hybridized carbons (Fsp3) is 0.125. The number of phenolic OH excluding ortho intramolecular Hbond substituents is 1. The van der Waals surface area contributed by atoms with Gasteiger partial charge in [-0.1, -0.05) is 12.1 Å². The van der Waals surface area contributed by atoms with Gasteiger partial charge in [-0.15, -0.1) is 0 Å². The van der Waals surface area contributed by atoms with Crippen molar-refractivity contribution in [2.75, 3.05) is 18.5 Å². The van der Waals surface area contributed by atoms with Crippen LogP contribution in [0.15, 0.2) is 48.5 Å². The van der Waals surface area contributed by atoms with Crippen LogP contribution >= 0.6 is 0 Å². The highest BCUT2D eigenvalue weighted by Crippen LogP contribution is 2.18. The second-order valence-corrected chi connectivity index (χ2v) is 4.46. The Kier molecular flexibility index (Phi) is 4.02. The lowest BCUT2D eigenvalue weighted by Gasteiger charge is -2.19. The number of ketones is 1. The predicted octanol–water partition coefficient (Wildman–Crippen LogP) is 2.58. The van der Waals surface area contributed by atoms with Gasteiger partial charge in [0, 0.05) is 12.6 Å². The average molecular weight is 266 g/mol. The molecule has 1 N–H and O–H groups in total. The summed E-state index contributed by atoms with van der Waals surface area (Å²) in [4.78, 5) is 13.9. The lowest BCUT2D eigenvalue weighted by Crippen LogP contribution is -2.26. The number of aromatic hydroxyl groups is 1. The lowest BCUT2D eigenvalue weighted by atomic mass is 10.1. The molecule has 0 radical (unpaired) electrons. The Bertz CT molecular complexity index is 657. The minimum atomic E-state index is -0.0692. The Balaban J connectivity index is 2.15. The van der Waals surface area contributed by atoms with E-state index < -0.39 is 0 Å². The highest BCUT2D eigenvalue weighted by Gasteiger charge is 2.12. The molecule has 20 heavy (non-hydrogen) atoms. The monoisotopic (exact) mass is 266 g/mol. The van der Waals surface area contributed by atoms with Gasteiger partial charge in [0.25, 0.3) is 0 Å². The second-order valence-electron chi connectivity index (χ2n) is 4.46. The first-order chi connectivity index (χ1) is 9.61. The van der Waals surface area contributed by atoms with Gasteiger partial charge >= 0.3 is 0 Å². The van der Waals surface area contributed by atoms with Crippen LogP contribution in [-0.4, -0.2) is 24.5 Å². The maximum atomic E-state index is 12.1. The van der Waals surface area contributed by atoms with Gasteiger partial charge in [0.15, 0.2) is 5.78 Å². The van der Waals surface area contributed by atoms with Crippen molar-refractivity contribution in [3.63, 3.8) is 0 Å². The van der Waals surface area contributed by atoms with Gasteiger partial charge in [-0.2, -0.15) is 5.26 Å². The van der Waals surface area contributed by atoms with Crippen LogP contribution in [0.3, 0.4) is 0 Å². The van der Waals surface area contributed by atoms with E-state index in [-0.39, 0.29) is 18.1 Å². The number of carbonyl (C=O) groups excluding carboxylic acids is 1. The summed E-state index contributed by atoms with van der Waals surface area (Å²) < 4.78 is 0. The minimum Gasteiger partial charge on any atom is -0.508 e. The van der Waals surface area contributed by atoms with Gasteiger partial charge in [0.2, 0.25) is 0 Å². The standard InChI is InChI=1S/C16H14N2O2/c1-18(15-5-3-2-4-13(15)10-17)11-16(20)12-6-8-14(19)9-7-12/h2-9,19H,11H2,1H3. The number of hydrogen-bond donors (Lipinski definition) is 1. The van der Waals surface area contributed by atoms with Crippen LogP contribution in [0.4, 0.5) is 5.69 Å². The zero-order valence-electron chi connectivity index (χ0n) is 11.1. The molecule has 4 heteroatoms. The van der Waals surface area contributed by atoms with Gasteiger partial charge in [0.1, 0.15) is 11.8 Å². The predicted molar refractivity (Wildman–Crippen MR) is 76.9 cm³/mol. The number of carbonyl (C=O) groups is 1. The Morgan fingerprint density at radius 1 is 1.20 bits per heavy atom. The number of Topliss-reactive ketones (excluding diaryl/α,β-unsaturated/α-hetero) is 1. The fourth-order valence-corrected chi connectivity index (χ4v) is 1.94. The van der Waals surface area contributed by atoms with E-state index in [1.54, 1.807) is 36.2 Å². The molecule has 2 rings (SSSR count). The van der Waals surface area contributed by atoms with Crippen LogP contribution in [0.25, 0.3) is 0 Å². The normalized spacial score (nSPS) is 9.80. The number of nitriles is 1. The summed E-state index contributed by atoms with van der Waals surface area (Å²) >= 11 is 0. The van der Waals surface area contributed by atoms with Crippen LogP contribution in [0.5, 0.6) is 5.75 Å². The number of hydrogen-bond acceptors (Lipinski definition) is 4. The van der Waals surface area contributed by atoms with E-state index in [1.807, 2.05) is 12.1 Å². The highest BCUT2D eigenvalue weighted by atomic mass is 16.3. The van der Waals surface area contributed by atoms with Gasteiger partial charge in [-0.25, -0.2) is 0 Å². The Hall–Kier alpha value is -2.80. The third-order valence-corrected chi connectivity index (χ3v) is 3.01. The van der Waals surface area contributed by atoms with Crippen LogP contribution in [-0.2, 0) is 0 Å². The molecule has 0 aliphatic heterocycles. The molecule has 2 aromatic carbocycles. The largest absolute Gasteiger partial charge is 0.508 e. The zero-order chi connectivity index (χ0) is 14.5. The van der Waals surface area contributed by atoms with Crippen LogP contribution in [0.2, 0.25) is 0 Å². The fourth-order valence-electron chi connectivity index (χ4n) is 1.94. The summed E-state index contributed by atoms with van der Waals surface area (Å²) in [5, 5.41) is 18.3. The molecule has 0 heterocycles. The van der Waals surface area contributed by atoms with Crippen molar-refractivity contribution >= 4 is 11.5 Å². The number of anilines is 1. The molecule has 0 bridgehead atoms. The van der Waals surface area contributed by atoms with Crippen molar-refractivity contribution in [3.8, 4) is 11.8 Å². The molecule has 0 atom stereocenters. The van der Waals surface area contributed by atoms with E-state index >= 15 is 0 Å². The van der Waals surface area contributed by atoms with E-state index in [0.29, 0.717) is 11.1 Å². The van der Waals surface area contributed by atoms with Gasteiger partial charge in [-0.05, 0) is 36.4 Å². The molecule has 0 spiro atoms. The first-order valence-electron chi connectivity index (χ1n) is 6.14. The summed E-state index contributed by atoms with van der Waals surface area (Å²) in [5.41, 5.74) is 1.79. The summed E-state index contributed by atoms with van der Waals surface area (Å²) in [6.07, 6.45) is 0. The molecule has 0 aliphatic rings. The highest BCUT2D eigenvalue weighted by molar-refractivity contribution is 5.99. The summed E-state index contributed by atoms with van der Waals surface area (Å²) in [5.74, 6) is 0.0602. The summed E-state index contributed by atoms with van der Waals surface area (Å²) in [7, 11) is 1.77. The summed E-state index contributed by atoms with van der Waals surface area (Å²) in [6.45, 7) is 0.170. The maximum Gasteiger partial charge on any atom is 0.182 e. The minimum absolute atomic E-state index is 0.0692. The molecule has 4 nitrogen and oxygen atoms in total. The molecule has 0 unspecified atom stereocenters. The molecule has 100 valence electrons. The molecule has 0 saturated heterocycles. The maximum absolute atomic E-state index is 12.1. The molecule has 0 fully saturated rings. The third kappa shape index (κ3) is 2.96. The van der Waals surface area contributed by atoms with Gasteiger partial charge in [-0.3, -0.25) is 4.79 Å². The molecular formula is C16H14N2O2. The molecule has 0 aromatic heterocycles. The first-order valence-corrected chi connectivity index (χ1v) is 6.14. The van der Waals surface area contributed by atoms with Crippen molar-refractivity contribution < 1.29 is 9.90 Å². The van der Waals surface area contributed by atoms with Crippen molar-refractivity contribution in [1.82, 2.24) is 0 Å². The SMILES string of the molecule is CN(CC(=O)c1ccc(O)cc1)c1ccccc1C#N. The quantitative estimate of drug-likeness (QED) is 0.864. The van der Waals surface area contributed by atoms with E-state index in [4.69, 9.17) is 5.26 Å². The molecule has 0 amide bonds. The Labute approximate surface area is 117 Å². The van der Waals surface area contributed by atoms with E-state index in [2.05, 4.69) is 6.07 Å². The van der Waals surface area contributed by atoms with Gasteiger partial charge < -0.3 is 10.0 Å². The molecule has 0 aliphatic carbocycles. The van der Waals surface area contributed by atoms with Crippen LogP contribution in [0.1, 0.15) is 15.9 Å². The van der Waals surface area contributed by atoms with Crippen molar-refractivity contribution in [2.45, 2.75) is 0 Å². The van der Waals surface area contributed by atoms with Crippen molar-refractivity contribution in [2.24, 2.45) is 0 Å². The number of rotatable bonds is 4. The zero-order valence-corrected chi connectivity index (χ0v) is 11.1. The Morgan fingerprint density at radius 3 is 2.50 bits per heavy atom. The summed E-state index contributed by atoms with van der Waals surface area (Å²) in [6, 6.07) is 15.4. The number of para-hydroxylation sites is 1. The van der Waals surface area contributed by atoms with Crippen molar-refractivity contribution in [3.05, 3.63) is 59.7 Å². The molecular weight excluding hydrogens is 252 g/mol. The van der Waals surface area contributed by atoms with Gasteiger partial charge in [0.05, 0.1) is 17.8 Å². The van der Waals surface area contributed by atoms with E-state index in [1.165, 1.54) is 12.1 Å². The first kappa shape index (κ1) is 13.6. The number of phenols is 1. The topological polar surface area (TPSA) is 64.3 Å². The van der Waals surface area contributed by atoms with Crippen molar-refractivity contribution in [1.29, 1.82) is 5.26 Å². The second kappa shape index (κ2) is 5.89. The number of nitrogens with zero attached hydrogens (tertiary/aromatic N) is 2. The van der Waals surface area contributed by atoms with Crippen LogP contribution < -0.4 is 4.90 Å². The van der Waals surface area contributed by atoms with Crippen LogP contribution in [0, 0.1) is 11.3 Å². The van der Waals surface area contributed by atoms with E-state index in [0.717, 1.165) is 5.69 Å². The average Bonchev–Trinajstić information content (AvgIpc) is 2.47. The molecule has 2 aromatic rings. The van der Waals surface area contributed by atoms with E-state index in [9.17, 15) is 9.90 Å². The third-order valence-electron chi connectivity index (χ3n) is 3.01. The number of benzene rings is 2. The molecule has 0 saturated carbocycles. The lowest BCUT2D eigenvalue weighted by molar-refractivity contribution is 0.100. The Morgan fingerprint density at radius 2 is 1.85 bits per heavy atom. The smallest absolute Gasteiger partial charge is 0.182 e. The number of likely N-dealkylation sites (N-methyl/N-ethyl adjacent to an activating group) is 1.